The van der Waals surface area contributed by atoms with Crippen molar-refractivity contribution in [1.29, 1.82) is 0 Å². The number of aromatic nitrogens is 4. The molecule has 0 unspecified atom stereocenters. The van der Waals surface area contributed by atoms with Crippen LogP contribution >= 0.6 is 0 Å². The Kier molecular flexibility index (Phi) is 7.84. The summed E-state index contributed by atoms with van der Waals surface area (Å²) >= 11 is 2.49. The summed E-state index contributed by atoms with van der Waals surface area (Å²) in [4.78, 5) is 4.81. The Morgan fingerprint density at radius 3 is 2.25 bits per heavy atom. The third kappa shape index (κ3) is 5.77. The van der Waals surface area contributed by atoms with E-state index in [2.05, 4.69) is 173 Å². The molecule has 2 aliphatic heterocycles. The van der Waals surface area contributed by atoms with E-state index < -0.39 is 0 Å². The summed E-state index contributed by atoms with van der Waals surface area (Å²) in [5.41, 5.74) is 13.5. The molecule has 0 fully saturated rings. The van der Waals surface area contributed by atoms with Crippen molar-refractivity contribution in [3.8, 4) is 34.1 Å². The third-order valence-electron chi connectivity index (χ3n) is 10.6. The molecule has 53 heavy (non-hydrogen) atoms. The predicted octanol–water partition coefficient (Wildman–Crippen LogP) is 11.0. The van der Waals surface area contributed by atoms with Crippen molar-refractivity contribution in [3.05, 3.63) is 184 Å². The monoisotopic (exact) mass is 867 g/mol. The molecule has 0 saturated carbocycles. The van der Waals surface area contributed by atoms with Gasteiger partial charge in [-0.15, -0.1) is 0 Å². The molecule has 0 atom stereocenters. The van der Waals surface area contributed by atoms with Crippen LogP contribution in [0.2, 0.25) is 0 Å². The van der Waals surface area contributed by atoms with Crippen LogP contribution in [0, 0.1) is 10.7 Å². The average Bonchev–Trinajstić information content (AvgIpc) is 3.71. The van der Waals surface area contributed by atoms with Crippen molar-refractivity contribution in [3.63, 3.8) is 0 Å². The first-order valence-electron chi connectivity index (χ1n) is 18.2. The molecule has 9 aromatic rings. The molecule has 4 aliphatic rings. The molecule has 13 rings (SSSR count). The Hall–Kier alpha value is -5.77. The summed E-state index contributed by atoms with van der Waals surface area (Å²) in [6.07, 6.45) is 8.21. The Balaban J connectivity index is 1.04. The van der Waals surface area contributed by atoms with Gasteiger partial charge >= 0.3 is 248 Å². The fourth-order valence-corrected chi connectivity index (χ4v) is 8.92. The van der Waals surface area contributed by atoms with Gasteiger partial charge in [-0.2, -0.15) is 0 Å². The maximum atomic E-state index is 6.68. The number of benzene rings is 5. The Morgan fingerprint density at radius 1 is 0.604 bits per heavy atom. The number of hydrogen-bond acceptors (Lipinski definition) is 2. The first-order valence-corrected chi connectivity index (χ1v) is 19.3. The maximum absolute atomic E-state index is 6.68. The Labute approximate surface area is 318 Å². The van der Waals surface area contributed by atoms with E-state index in [-0.39, 0.29) is 0 Å². The van der Waals surface area contributed by atoms with Crippen molar-refractivity contribution in [1.82, 2.24) is 18.5 Å². The molecule has 0 amide bonds. The molecule has 6 heteroatoms. The zero-order chi connectivity index (χ0) is 35.5. The van der Waals surface area contributed by atoms with Crippen LogP contribution in [-0.4, -0.2) is 18.5 Å². The van der Waals surface area contributed by atoms with Crippen molar-refractivity contribution >= 4 is 27.3 Å². The predicted molar refractivity (Wildman–Crippen MR) is 210 cm³/mol. The second-order valence-corrected chi connectivity index (χ2v) is 15.0. The number of ether oxygens (including phenoxy) is 1. The molecule has 6 heterocycles. The van der Waals surface area contributed by atoms with Crippen LogP contribution in [0.15, 0.2) is 152 Å². The summed E-state index contributed by atoms with van der Waals surface area (Å²) in [6.45, 7) is 2.11. The van der Waals surface area contributed by atoms with Crippen LogP contribution < -0.4 is 4.74 Å². The molecule has 0 saturated heterocycles. The van der Waals surface area contributed by atoms with Crippen molar-refractivity contribution < 1.29 is 24.1 Å². The molecule has 5 nitrogen and oxygen atoms in total. The summed E-state index contributed by atoms with van der Waals surface area (Å²) < 4.78 is 14.9. The van der Waals surface area contributed by atoms with Crippen LogP contribution in [0.3, 0.4) is 0 Å². The van der Waals surface area contributed by atoms with E-state index in [1.807, 2.05) is 18.3 Å². The van der Waals surface area contributed by atoms with Gasteiger partial charge in [0.1, 0.15) is 0 Å². The standard InChI is InChI=1S/C47H36N4O.Pt/c1-32-24-25-48-47(26-32)51-44-23-18-37(35-6-3-2-4-7-35)27-43(44)42-22-21-41(29-45(42)51)52-40-9-5-8-39(28-40)49-30-46-36-16-14-33-10-12-34(13-11-33)15-19-38(20-17-36)50(46)31-49;/h2-13,17-18,20-30H,14-16,19H2,1H3;. The van der Waals surface area contributed by atoms with E-state index in [0.717, 1.165) is 74.5 Å². The van der Waals surface area contributed by atoms with E-state index in [0.29, 0.717) is 0 Å². The minimum atomic E-state index is 0.776. The normalized spacial score (nSPS) is 12.8. The van der Waals surface area contributed by atoms with Crippen molar-refractivity contribution in [2.75, 3.05) is 0 Å². The summed E-state index contributed by atoms with van der Waals surface area (Å²) in [7, 11) is 0. The number of fused-ring (bicyclic) bond motifs is 3. The molecule has 0 radical (unpaired) electrons. The second-order valence-electron chi connectivity index (χ2n) is 14.0. The van der Waals surface area contributed by atoms with Crippen LogP contribution in [0.4, 0.5) is 0 Å². The van der Waals surface area contributed by atoms with Crippen molar-refractivity contribution in [2.45, 2.75) is 32.6 Å². The van der Waals surface area contributed by atoms with Gasteiger partial charge in [-0.05, 0) is 29.7 Å². The molecular formula is C47H36N4OPt. The molecule has 0 spiro atoms. The fourth-order valence-electron chi connectivity index (χ4n) is 7.88. The van der Waals surface area contributed by atoms with Crippen LogP contribution in [0.25, 0.3) is 50.0 Å². The topological polar surface area (TPSA) is 36.4 Å². The van der Waals surface area contributed by atoms with Gasteiger partial charge in [0.05, 0.1) is 0 Å². The number of rotatable bonds is 5. The second kappa shape index (κ2) is 13.0. The molecule has 5 aromatic carbocycles. The number of nitrogens with zero attached hydrogens (tertiary/aromatic N) is 4. The molecule has 4 bridgehead atoms. The molecule has 0 N–H and O–H groups in total. The zero-order valence-corrected chi connectivity index (χ0v) is 31.5. The van der Waals surface area contributed by atoms with Gasteiger partial charge in [-0.25, -0.2) is 0 Å². The molecular weight excluding hydrogens is 832 g/mol. The van der Waals surface area contributed by atoms with E-state index in [9.17, 15) is 0 Å². The van der Waals surface area contributed by atoms with E-state index in [1.165, 1.54) is 44.4 Å². The quantitative estimate of drug-likeness (QED) is 0.173. The van der Waals surface area contributed by atoms with E-state index >= 15 is 0 Å². The number of hydrogen-bond donors (Lipinski definition) is 0. The van der Waals surface area contributed by atoms with Gasteiger partial charge in [0.25, 0.3) is 0 Å². The van der Waals surface area contributed by atoms with Gasteiger partial charge in [0, 0.05) is 6.20 Å². The van der Waals surface area contributed by atoms with Gasteiger partial charge in [-0.3, -0.25) is 0 Å². The number of imidazole rings is 1. The van der Waals surface area contributed by atoms with Gasteiger partial charge in [-0.1, -0.05) is 36.4 Å². The molecule has 260 valence electrons. The summed E-state index contributed by atoms with van der Waals surface area (Å²) in [5.74, 6) is 2.45. The first-order chi connectivity index (χ1) is 26.1. The Bertz CT molecular complexity index is 2900. The fraction of sp³-hybridized carbons (Fsp3) is 0.106. The van der Waals surface area contributed by atoms with Gasteiger partial charge < -0.3 is 0 Å². The minimum absolute atomic E-state index is 0.776. The van der Waals surface area contributed by atoms with E-state index in [1.54, 1.807) is 0 Å². The summed E-state index contributed by atoms with van der Waals surface area (Å²) in [5, 5.41) is 2.34. The average molecular weight is 868 g/mol. The van der Waals surface area contributed by atoms with Crippen LogP contribution in [-0.2, 0) is 45.0 Å². The first kappa shape index (κ1) is 31.9. The van der Waals surface area contributed by atoms with E-state index in [4.69, 9.17) is 9.72 Å². The number of pyridine rings is 2. The summed E-state index contributed by atoms with van der Waals surface area (Å²) in [6, 6.07) is 50.1. The Morgan fingerprint density at radius 2 is 1.42 bits per heavy atom. The van der Waals surface area contributed by atoms with Crippen LogP contribution in [0.1, 0.15) is 27.9 Å². The molecule has 2 aliphatic carbocycles. The third-order valence-corrected chi connectivity index (χ3v) is 11.7. The van der Waals surface area contributed by atoms with Crippen molar-refractivity contribution in [2.24, 2.45) is 0 Å². The van der Waals surface area contributed by atoms with Crippen LogP contribution in [0.5, 0.6) is 11.5 Å². The molecule has 4 aromatic heterocycles. The van der Waals surface area contributed by atoms with Gasteiger partial charge in [0.2, 0.25) is 0 Å². The van der Waals surface area contributed by atoms with Gasteiger partial charge in [0.15, 0.2) is 0 Å². The number of aryl methyl sites for hydroxylation is 5. The zero-order valence-electron chi connectivity index (χ0n) is 29.3. The SMILES string of the molecule is Cc1ccnc(-n2c3ccc(-c4ccccc4)cc3c3ccc(Oc4cccc(-n5cc6c7ccc(n6[c]5=[Pt])CCc5ccc(cc5)CC7)c4)cc32)c1.